The van der Waals surface area contributed by atoms with Crippen molar-refractivity contribution in [3.8, 4) is 16.9 Å². The Morgan fingerprint density at radius 3 is 2.46 bits per heavy atom. The highest BCUT2D eigenvalue weighted by molar-refractivity contribution is 6.07. The van der Waals surface area contributed by atoms with Crippen LogP contribution in [0.25, 0.3) is 22.0 Å². The van der Waals surface area contributed by atoms with Gasteiger partial charge in [-0.3, -0.25) is 23.9 Å². The molecule has 4 aromatic rings. The number of halogens is 4. The summed E-state index contributed by atoms with van der Waals surface area (Å²) in [6.07, 6.45) is 2.33. The summed E-state index contributed by atoms with van der Waals surface area (Å²) in [7, 11) is 0. The first-order valence-corrected chi connectivity index (χ1v) is 17.9. The van der Waals surface area contributed by atoms with E-state index in [4.69, 9.17) is 0 Å². The number of aryl methyl sites for hydroxylation is 2. The van der Waals surface area contributed by atoms with Crippen LogP contribution in [0.4, 0.5) is 23.2 Å². The molecule has 1 saturated heterocycles. The Kier molecular flexibility index (Phi) is 9.64. The van der Waals surface area contributed by atoms with Gasteiger partial charge in [0.05, 0.1) is 11.2 Å². The lowest BCUT2D eigenvalue weighted by atomic mass is 9.95. The maximum atomic E-state index is 15.2. The van der Waals surface area contributed by atoms with Crippen LogP contribution in [0.1, 0.15) is 74.2 Å². The summed E-state index contributed by atoms with van der Waals surface area (Å²) in [6, 6.07) is 5.16. The summed E-state index contributed by atoms with van der Waals surface area (Å²) in [5.41, 5.74) is 1.91. The molecule has 7 rings (SSSR count). The molecule has 54 heavy (non-hydrogen) atoms. The van der Waals surface area contributed by atoms with E-state index in [0.717, 1.165) is 54.2 Å². The molecule has 2 N–H and O–H groups in total. The van der Waals surface area contributed by atoms with Crippen LogP contribution in [-0.2, 0) is 27.3 Å². The molecule has 4 heterocycles. The summed E-state index contributed by atoms with van der Waals surface area (Å²) < 4.78 is 59.2. The minimum atomic E-state index is -5.17. The molecule has 3 amide bonds. The normalized spacial score (nSPS) is 23.4. The molecule has 2 aliphatic heterocycles. The smallest absolute Gasteiger partial charge is 0.403 e. The SMILES string of the molecule is CC(=O)c1nn2c3c(cc(-c4cnc(C)nc4)cc13)CCCCCCC(=O)NC[C@@]13C[C@@H](C(=O)Nc4cccc(OC(F)(F)F)c4F)N(C(=O)C2)[C@@H]1[C@@H]3C. The third kappa shape index (κ3) is 7.00. The van der Waals surface area contributed by atoms with Crippen LogP contribution in [0, 0.1) is 24.1 Å². The van der Waals surface area contributed by atoms with Gasteiger partial charge < -0.3 is 20.3 Å². The van der Waals surface area contributed by atoms with Crippen LogP contribution < -0.4 is 15.4 Å². The largest absolute Gasteiger partial charge is 0.573 e. The molecule has 2 aromatic heterocycles. The second-order valence-corrected chi connectivity index (χ2v) is 14.4. The standard InChI is InChI=1S/C38H39F4N7O5/c1-20-35-37(20)15-28(36(53)46-27-10-8-11-29(32(27)39)54-38(40,41)42)49(35)31(52)18-48-34-23(9-6-4-5-7-12-30(51)45-19-37)13-24(25-16-43-22(3)44-17-25)14-26(34)33(47-48)21(2)50/h8,10-11,13-14,16-17,20,28,35H,4-7,9,12,15,18-19H2,1-3H3,(H,45,51)(H,46,53)/t20-,28-,35+,37+/m0/s1. The van der Waals surface area contributed by atoms with E-state index in [1.165, 1.54) is 16.5 Å². The van der Waals surface area contributed by atoms with Crippen molar-refractivity contribution in [3.63, 3.8) is 0 Å². The number of hydrogen-bond acceptors (Lipinski definition) is 8. The molecule has 16 heteroatoms. The van der Waals surface area contributed by atoms with Gasteiger partial charge in [0, 0.05) is 54.7 Å². The Labute approximate surface area is 307 Å². The summed E-state index contributed by atoms with van der Waals surface area (Å²) in [5.74, 6) is -3.84. The Balaban J connectivity index is 1.28. The number of alkyl halides is 3. The maximum Gasteiger partial charge on any atom is 0.573 e. The first kappa shape index (κ1) is 36.9. The van der Waals surface area contributed by atoms with Gasteiger partial charge in [0.1, 0.15) is 24.1 Å². The summed E-state index contributed by atoms with van der Waals surface area (Å²) in [6.45, 7) is 4.96. The van der Waals surface area contributed by atoms with Crippen molar-refractivity contribution in [2.45, 2.75) is 90.7 Å². The lowest BCUT2D eigenvalue weighted by Crippen LogP contribution is -2.47. The number of hydrogen-bond donors (Lipinski definition) is 2. The van der Waals surface area contributed by atoms with Crippen LogP contribution in [0.15, 0.2) is 42.7 Å². The van der Waals surface area contributed by atoms with Gasteiger partial charge in [0.15, 0.2) is 17.3 Å². The van der Waals surface area contributed by atoms with Gasteiger partial charge in [-0.2, -0.15) is 5.10 Å². The number of Topliss-reactive ketones (excluding diaryl/α,β-unsaturated/α-hetero) is 1. The molecule has 2 fully saturated rings. The van der Waals surface area contributed by atoms with Gasteiger partial charge in [-0.1, -0.05) is 25.8 Å². The van der Waals surface area contributed by atoms with Crippen LogP contribution in [0.2, 0.25) is 0 Å². The number of anilines is 1. The maximum absolute atomic E-state index is 15.2. The Morgan fingerprint density at radius 2 is 1.76 bits per heavy atom. The number of ether oxygens (including phenoxy) is 1. The van der Waals surface area contributed by atoms with Gasteiger partial charge >= 0.3 is 6.36 Å². The minimum Gasteiger partial charge on any atom is -0.403 e. The van der Waals surface area contributed by atoms with E-state index in [2.05, 4.69) is 30.4 Å². The average molecular weight is 750 g/mol. The average Bonchev–Trinajstić information content (AvgIpc) is 3.37. The van der Waals surface area contributed by atoms with Crippen molar-refractivity contribution in [3.05, 3.63) is 65.6 Å². The van der Waals surface area contributed by atoms with Crippen molar-refractivity contribution in [2.75, 3.05) is 11.9 Å². The van der Waals surface area contributed by atoms with Crippen LogP contribution >= 0.6 is 0 Å². The van der Waals surface area contributed by atoms with Crippen molar-refractivity contribution < 1.29 is 41.5 Å². The fraction of sp³-hybridized carbons (Fsp3) is 0.447. The molecule has 2 bridgehead atoms. The Hall–Kier alpha value is -5.41. The molecule has 284 valence electrons. The summed E-state index contributed by atoms with van der Waals surface area (Å²) >= 11 is 0. The zero-order valence-corrected chi connectivity index (χ0v) is 29.9. The van der Waals surface area contributed by atoms with Gasteiger partial charge in [-0.25, -0.2) is 14.4 Å². The van der Waals surface area contributed by atoms with Crippen molar-refractivity contribution in [2.24, 2.45) is 11.3 Å². The number of amides is 3. The van der Waals surface area contributed by atoms with Crippen LogP contribution in [0.3, 0.4) is 0 Å². The number of nitrogens with one attached hydrogen (secondary N) is 2. The number of piperidine rings is 1. The number of carbonyl (C=O) groups excluding carboxylic acids is 4. The molecule has 1 aliphatic carbocycles. The lowest BCUT2D eigenvalue weighted by Gasteiger charge is -2.28. The van der Waals surface area contributed by atoms with Crippen molar-refractivity contribution in [1.29, 1.82) is 0 Å². The zero-order valence-electron chi connectivity index (χ0n) is 29.9. The third-order valence-corrected chi connectivity index (χ3v) is 11.0. The highest BCUT2D eigenvalue weighted by atomic mass is 19.4. The molecule has 2 aromatic carbocycles. The van der Waals surface area contributed by atoms with Crippen LogP contribution in [0.5, 0.6) is 5.75 Å². The fourth-order valence-corrected chi connectivity index (χ4v) is 8.26. The van der Waals surface area contributed by atoms with E-state index < -0.39 is 52.9 Å². The topological polar surface area (TPSA) is 148 Å². The highest BCUT2D eigenvalue weighted by Crippen LogP contribution is 2.64. The molecule has 4 atom stereocenters. The summed E-state index contributed by atoms with van der Waals surface area (Å²) in [4.78, 5) is 64.5. The van der Waals surface area contributed by atoms with Crippen molar-refractivity contribution in [1.82, 2.24) is 30.0 Å². The summed E-state index contributed by atoms with van der Waals surface area (Å²) in [5, 5.41) is 10.6. The predicted molar refractivity (Wildman–Crippen MR) is 188 cm³/mol. The van der Waals surface area contributed by atoms with E-state index in [1.54, 1.807) is 19.3 Å². The zero-order chi connectivity index (χ0) is 38.5. The Bertz CT molecular complexity index is 2150. The van der Waals surface area contributed by atoms with E-state index in [1.807, 2.05) is 19.1 Å². The van der Waals surface area contributed by atoms with Crippen molar-refractivity contribution >= 4 is 40.1 Å². The monoisotopic (exact) mass is 749 g/mol. The number of rotatable bonds is 5. The quantitative estimate of drug-likeness (QED) is 0.189. The number of nitrogens with zero attached hydrogens (tertiary/aromatic N) is 5. The van der Waals surface area contributed by atoms with Gasteiger partial charge in [-0.05, 0) is 73.9 Å². The van der Waals surface area contributed by atoms with Gasteiger partial charge in [-0.15, -0.1) is 13.2 Å². The van der Waals surface area contributed by atoms with Gasteiger partial charge in [0.25, 0.3) is 0 Å². The van der Waals surface area contributed by atoms with E-state index in [-0.39, 0.29) is 42.8 Å². The molecular weight excluding hydrogens is 710 g/mol. The van der Waals surface area contributed by atoms with E-state index >= 15 is 4.39 Å². The minimum absolute atomic E-state index is 0.114. The number of benzene rings is 2. The molecule has 1 saturated carbocycles. The number of aromatic nitrogens is 4. The molecule has 12 nitrogen and oxygen atoms in total. The number of carbonyl (C=O) groups is 4. The fourth-order valence-electron chi connectivity index (χ4n) is 8.26. The molecule has 3 aliphatic rings. The molecule has 0 unspecified atom stereocenters. The Morgan fingerprint density at radius 1 is 1.04 bits per heavy atom. The lowest BCUT2D eigenvalue weighted by molar-refractivity contribution is -0.275. The number of ketones is 1. The second kappa shape index (κ2) is 14.1. The second-order valence-electron chi connectivity index (χ2n) is 14.4. The first-order chi connectivity index (χ1) is 25.7. The van der Waals surface area contributed by atoms with E-state index in [9.17, 15) is 32.3 Å². The molecule has 0 radical (unpaired) electrons. The predicted octanol–water partition coefficient (Wildman–Crippen LogP) is 5.91. The first-order valence-electron chi connectivity index (χ1n) is 17.9. The highest BCUT2D eigenvalue weighted by Gasteiger charge is 2.72. The van der Waals surface area contributed by atoms with Crippen LogP contribution in [-0.4, -0.2) is 73.1 Å². The third-order valence-electron chi connectivity index (χ3n) is 11.0. The molecular formula is C38H39F4N7O5. The van der Waals surface area contributed by atoms with Gasteiger partial charge in [0.2, 0.25) is 17.7 Å². The van der Waals surface area contributed by atoms with E-state index in [0.29, 0.717) is 36.0 Å². The molecule has 0 spiro atoms.